The average molecular weight is 455 g/mol. The molecule has 0 spiro atoms. The number of sulfonamides is 1. The second-order valence-electron chi connectivity index (χ2n) is 7.12. The third-order valence-electron chi connectivity index (χ3n) is 4.72. The number of hydrogen-bond donors (Lipinski definition) is 2. The van der Waals surface area contributed by atoms with E-state index >= 15 is 0 Å². The van der Waals surface area contributed by atoms with Crippen molar-refractivity contribution < 1.29 is 22.7 Å². The van der Waals surface area contributed by atoms with Crippen LogP contribution in [0, 0.1) is 6.92 Å². The van der Waals surface area contributed by atoms with E-state index in [-0.39, 0.29) is 23.6 Å². The van der Waals surface area contributed by atoms with Gasteiger partial charge in [0.05, 0.1) is 11.5 Å². The number of rotatable bonds is 10. The molecule has 0 atom stereocenters. The van der Waals surface area contributed by atoms with Crippen LogP contribution >= 0.6 is 0 Å². The predicted molar refractivity (Wildman–Crippen MR) is 123 cm³/mol. The van der Waals surface area contributed by atoms with Gasteiger partial charge < -0.3 is 14.8 Å². The lowest BCUT2D eigenvalue weighted by atomic mass is 10.1. The van der Waals surface area contributed by atoms with E-state index < -0.39 is 15.9 Å². The van der Waals surface area contributed by atoms with Gasteiger partial charge in [-0.25, -0.2) is 13.1 Å². The zero-order chi connectivity index (χ0) is 23.0. The lowest BCUT2D eigenvalue weighted by Gasteiger charge is -2.12. The first kappa shape index (κ1) is 23.5. The zero-order valence-corrected chi connectivity index (χ0v) is 18.8. The third-order valence-corrected chi connectivity index (χ3v) is 6.18. The van der Waals surface area contributed by atoms with Gasteiger partial charge in [0.2, 0.25) is 10.0 Å². The molecule has 2 N–H and O–H groups in total. The van der Waals surface area contributed by atoms with Gasteiger partial charge in [-0.15, -0.1) is 0 Å². The van der Waals surface area contributed by atoms with Gasteiger partial charge in [-0.2, -0.15) is 0 Å². The first-order valence-electron chi connectivity index (χ1n) is 10.1. The van der Waals surface area contributed by atoms with E-state index in [0.29, 0.717) is 23.6 Å². The summed E-state index contributed by atoms with van der Waals surface area (Å²) < 4.78 is 37.9. The number of hydrogen-bond acceptors (Lipinski definition) is 5. The Kier molecular flexibility index (Phi) is 7.99. The summed E-state index contributed by atoms with van der Waals surface area (Å²) >= 11 is 0. The Hall–Kier alpha value is -3.20. The standard InChI is InChI=1S/C24H26N2O5S/c1-18-8-13-22(32(28,29)25-14-15-30-2)16-23(18)24(27)26-20-9-11-21(12-10-20)31-17-19-6-4-3-5-7-19/h3-13,16,25H,14-15,17H2,1-2H3,(H,26,27). The maximum atomic E-state index is 12.8. The lowest BCUT2D eigenvalue weighted by molar-refractivity contribution is 0.102. The van der Waals surface area contributed by atoms with Gasteiger partial charge in [0.15, 0.2) is 0 Å². The maximum Gasteiger partial charge on any atom is 0.255 e. The molecule has 1 amide bonds. The van der Waals surface area contributed by atoms with Crippen molar-refractivity contribution in [1.82, 2.24) is 4.72 Å². The Bertz CT molecular complexity index is 1150. The monoisotopic (exact) mass is 454 g/mol. The van der Waals surface area contributed by atoms with Crippen LogP contribution in [0.2, 0.25) is 0 Å². The van der Waals surface area contributed by atoms with Gasteiger partial charge in [0, 0.05) is 24.9 Å². The van der Waals surface area contributed by atoms with Gasteiger partial charge in [-0.3, -0.25) is 4.79 Å². The molecule has 0 unspecified atom stereocenters. The van der Waals surface area contributed by atoms with Crippen molar-refractivity contribution >= 4 is 21.6 Å². The lowest BCUT2D eigenvalue weighted by Crippen LogP contribution is -2.27. The number of carbonyl (C=O) groups is 1. The molecular formula is C24H26N2O5S. The van der Waals surface area contributed by atoms with E-state index in [1.165, 1.54) is 19.2 Å². The number of benzene rings is 3. The summed E-state index contributed by atoms with van der Waals surface area (Å²) in [6.45, 7) is 2.60. The number of aryl methyl sites for hydroxylation is 1. The van der Waals surface area contributed by atoms with Crippen LogP contribution in [0.5, 0.6) is 5.75 Å². The van der Waals surface area contributed by atoms with Crippen LogP contribution in [0.1, 0.15) is 21.5 Å². The molecule has 0 saturated carbocycles. The Morgan fingerprint density at radius 2 is 1.69 bits per heavy atom. The van der Waals surface area contributed by atoms with Crippen LogP contribution in [0.4, 0.5) is 5.69 Å². The third kappa shape index (κ3) is 6.40. The highest BCUT2D eigenvalue weighted by atomic mass is 32.2. The van der Waals surface area contributed by atoms with Crippen molar-refractivity contribution in [3.63, 3.8) is 0 Å². The number of carbonyl (C=O) groups excluding carboxylic acids is 1. The van der Waals surface area contributed by atoms with Crippen molar-refractivity contribution in [2.24, 2.45) is 0 Å². The summed E-state index contributed by atoms with van der Waals surface area (Å²) in [5, 5.41) is 2.80. The largest absolute Gasteiger partial charge is 0.489 e. The molecule has 32 heavy (non-hydrogen) atoms. The fourth-order valence-electron chi connectivity index (χ4n) is 2.95. The van der Waals surface area contributed by atoms with E-state index in [4.69, 9.17) is 9.47 Å². The van der Waals surface area contributed by atoms with E-state index in [2.05, 4.69) is 10.0 Å². The molecule has 0 fully saturated rings. The summed E-state index contributed by atoms with van der Waals surface area (Å²) in [7, 11) is -2.25. The number of anilines is 1. The minimum absolute atomic E-state index is 0.0222. The predicted octanol–water partition coefficient (Wildman–Crippen LogP) is 3.75. The van der Waals surface area contributed by atoms with E-state index in [1.54, 1.807) is 37.3 Å². The second-order valence-corrected chi connectivity index (χ2v) is 8.89. The molecule has 7 nitrogen and oxygen atoms in total. The Morgan fingerprint density at radius 3 is 2.38 bits per heavy atom. The average Bonchev–Trinajstić information content (AvgIpc) is 2.79. The molecular weight excluding hydrogens is 428 g/mol. The first-order valence-corrected chi connectivity index (χ1v) is 11.5. The molecule has 3 aromatic rings. The van der Waals surface area contributed by atoms with Crippen molar-refractivity contribution in [3.8, 4) is 5.75 Å². The topological polar surface area (TPSA) is 93.7 Å². The van der Waals surface area contributed by atoms with Crippen LogP contribution in [-0.2, 0) is 21.4 Å². The highest BCUT2D eigenvalue weighted by molar-refractivity contribution is 7.89. The van der Waals surface area contributed by atoms with Crippen LogP contribution in [-0.4, -0.2) is 34.6 Å². The molecule has 0 radical (unpaired) electrons. The van der Waals surface area contributed by atoms with E-state index in [1.807, 2.05) is 30.3 Å². The van der Waals surface area contributed by atoms with Crippen LogP contribution in [0.25, 0.3) is 0 Å². The number of methoxy groups -OCH3 is 1. The van der Waals surface area contributed by atoms with Gasteiger partial charge in [0.1, 0.15) is 12.4 Å². The van der Waals surface area contributed by atoms with E-state index in [9.17, 15) is 13.2 Å². The van der Waals surface area contributed by atoms with Crippen LogP contribution in [0.15, 0.2) is 77.7 Å². The molecule has 168 valence electrons. The van der Waals surface area contributed by atoms with E-state index in [0.717, 1.165) is 5.56 Å². The van der Waals surface area contributed by atoms with Crippen molar-refractivity contribution in [2.45, 2.75) is 18.4 Å². The second kappa shape index (κ2) is 10.9. The number of ether oxygens (including phenoxy) is 2. The van der Waals surface area contributed by atoms with Crippen LogP contribution in [0.3, 0.4) is 0 Å². The van der Waals surface area contributed by atoms with Gasteiger partial charge in [-0.1, -0.05) is 36.4 Å². The zero-order valence-electron chi connectivity index (χ0n) is 18.0. The number of amides is 1. The summed E-state index contributed by atoms with van der Waals surface area (Å²) in [4.78, 5) is 12.8. The molecule has 3 aromatic carbocycles. The summed E-state index contributed by atoms with van der Waals surface area (Å²) in [5.74, 6) is 0.285. The molecule has 0 saturated heterocycles. The quantitative estimate of drug-likeness (QED) is 0.455. The SMILES string of the molecule is COCCNS(=O)(=O)c1ccc(C)c(C(=O)Nc2ccc(OCc3ccccc3)cc2)c1. The van der Waals surface area contributed by atoms with Crippen LogP contribution < -0.4 is 14.8 Å². The highest BCUT2D eigenvalue weighted by Crippen LogP contribution is 2.20. The maximum absolute atomic E-state index is 12.8. The highest BCUT2D eigenvalue weighted by Gasteiger charge is 2.18. The molecule has 0 aliphatic carbocycles. The molecule has 8 heteroatoms. The van der Waals surface area contributed by atoms with Gasteiger partial charge in [-0.05, 0) is 54.4 Å². The summed E-state index contributed by atoms with van der Waals surface area (Å²) in [5.41, 5.74) is 2.59. The fraction of sp³-hybridized carbons (Fsp3) is 0.208. The molecule has 0 aromatic heterocycles. The van der Waals surface area contributed by atoms with Crippen molar-refractivity contribution in [1.29, 1.82) is 0 Å². The van der Waals surface area contributed by atoms with Gasteiger partial charge >= 0.3 is 0 Å². The summed E-state index contributed by atoms with van der Waals surface area (Å²) in [6.07, 6.45) is 0. The minimum atomic E-state index is -3.74. The molecule has 3 rings (SSSR count). The smallest absolute Gasteiger partial charge is 0.255 e. The Balaban J connectivity index is 1.66. The summed E-state index contributed by atoms with van der Waals surface area (Å²) in [6, 6.07) is 21.3. The number of nitrogens with one attached hydrogen (secondary N) is 2. The minimum Gasteiger partial charge on any atom is -0.489 e. The Labute approximate surface area is 188 Å². The van der Waals surface area contributed by atoms with Crippen molar-refractivity contribution in [3.05, 3.63) is 89.5 Å². The van der Waals surface area contributed by atoms with Crippen molar-refractivity contribution in [2.75, 3.05) is 25.6 Å². The molecule has 0 bridgehead atoms. The molecule has 0 aliphatic rings. The molecule has 0 heterocycles. The first-order chi connectivity index (χ1) is 15.4. The molecule has 0 aliphatic heterocycles. The normalized spacial score (nSPS) is 11.2. The fourth-order valence-corrected chi connectivity index (χ4v) is 3.99. The van der Waals surface area contributed by atoms with Gasteiger partial charge in [0.25, 0.3) is 5.91 Å². The Morgan fingerprint density at radius 1 is 0.969 bits per heavy atom.